The minimum absolute atomic E-state index is 0.187. The molecule has 0 saturated heterocycles. The number of halogens is 1. The standard InChI is InChI=1S/C18H18ClNO/c1-12(14-7-3-5-9-17(14)19)20-11-16-13(2)21-18-10-6-4-8-15(16)18/h3-10,12,20H,11H2,1-2H3/t12-/m0/s1. The molecule has 0 aliphatic heterocycles. The molecule has 1 heterocycles. The summed E-state index contributed by atoms with van der Waals surface area (Å²) in [6.45, 7) is 4.89. The molecule has 0 aliphatic rings. The van der Waals surface area contributed by atoms with Gasteiger partial charge in [0.1, 0.15) is 11.3 Å². The fraction of sp³-hybridized carbons (Fsp3) is 0.222. The number of aryl methyl sites for hydroxylation is 1. The first-order valence-corrected chi connectivity index (χ1v) is 7.49. The van der Waals surface area contributed by atoms with Crippen LogP contribution in [0.1, 0.15) is 29.9 Å². The molecule has 1 N–H and O–H groups in total. The van der Waals surface area contributed by atoms with Gasteiger partial charge in [-0.15, -0.1) is 0 Å². The average Bonchev–Trinajstić information content (AvgIpc) is 2.81. The molecule has 21 heavy (non-hydrogen) atoms. The van der Waals surface area contributed by atoms with Gasteiger partial charge in [0.25, 0.3) is 0 Å². The second-order valence-corrected chi connectivity index (χ2v) is 5.66. The van der Waals surface area contributed by atoms with Gasteiger partial charge in [-0.05, 0) is 31.5 Å². The summed E-state index contributed by atoms with van der Waals surface area (Å²) < 4.78 is 5.79. The molecule has 1 atom stereocenters. The van der Waals surface area contributed by atoms with Gasteiger partial charge in [0.2, 0.25) is 0 Å². The molecule has 0 radical (unpaired) electrons. The van der Waals surface area contributed by atoms with Gasteiger partial charge >= 0.3 is 0 Å². The zero-order chi connectivity index (χ0) is 14.8. The zero-order valence-electron chi connectivity index (χ0n) is 12.2. The van der Waals surface area contributed by atoms with Crippen LogP contribution < -0.4 is 5.32 Å². The van der Waals surface area contributed by atoms with Crippen LogP contribution in [-0.4, -0.2) is 0 Å². The van der Waals surface area contributed by atoms with Crippen molar-refractivity contribution in [3.8, 4) is 0 Å². The van der Waals surface area contributed by atoms with E-state index in [1.165, 1.54) is 10.9 Å². The molecule has 108 valence electrons. The predicted molar refractivity (Wildman–Crippen MR) is 87.7 cm³/mol. The van der Waals surface area contributed by atoms with Gasteiger partial charge in [0.15, 0.2) is 0 Å². The van der Waals surface area contributed by atoms with Crippen molar-refractivity contribution in [2.45, 2.75) is 26.4 Å². The molecule has 3 aromatic rings. The van der Waals surface area contributed by atoms with E-state index in [1.807, 2.05) is 43.3 Å². The highest BCUT2D eigenvalue weighted by Gasteiger charge is 2.13. The molecule has 0 aliphatic carbocycles. The van der Waals surface area contributed by atoms with Crippen LogP contribution in [0.2, 0.25) is 5.02 Å². The van der Waals surface area contributed by atoms with Gasteiger partial charge in [-0.2, -0.15) is 0 Å². The Morgan fingerprint density at radius 1 is 1.10 bits per heavy atom. The molecule has 0 unspecified atom stereocenters. The minimum atomic E-state index is 0.187. The summed E-state index contributed by atoms with van der Waals surface area (Å²) in [5.41, 5.74) is 3.27. The number of hydrogen-bond donors (Lipinski definition) is 1. The van der Waals surface area contributed by atoms with Crippen molar-refractivity contribution in [2.24, 2.45) is 0 Å². The van der Waals surface area contributed by atoms with Crippen molar-refractivity contribution in [1.29, 1.82) is 0 Å². The Morgan fingerprint density at radius 3 is 2.62 bits per heavy atom. The smallest absolute Gasteiger partial charge is 0.134 e. The first-order chi connectivity index (χ1) is 10.2. The molecule has 0 fully saturated rings. The molecule has 0 saturated carbocycles. The summed E-state index contributed by atoms with van der Waals surface area (Å²) in [6.07, 6.45) is 0. The third-order valence-electron chi connectivity index (χ3n) is 3.86. The van der Waals surface area contributed by atoms with Crippen molar-refractivity contribution < 1.29 is 4.42 Å². The minimum Gasteiger partial charge on any atom is -0.461 e. The second-order valence-electron chi connectivity index (χ2n) is 5.26. The number of nitrogens with one attached hydrogen (secondary N) is 1. The van der Waals surface area contributed by atoms with Crippen LogP contribution >= 0.6 is 11.6 Å². The molecule has 2 aromatic carbocycles. The maximum absolute atomic E-state index is 6.25. The Bertz CT molecular complexity index is 763. The second kappa shape index (κ2) is 5.92. The number of para-hydroxylation sites is 1. The summed E-state index contributed by atoms with van der Waals surface area (Å²) in [4.78, 5) is 0. The first-order valence-electron chi connectivity index (χ1n) is 7.11. The summed E-state index contributed by atoms with van der Waals surface area (Å²) in [6, 6.07) is 16.3. The molecule has 0 amide bonds. The van der Waals surface area contributed by atoms with Gasteiger partial charge in [-0.3, -0.25) is 0 Å². The van der Waals surface area contributed by atoms with Crippen LogP contribution in [0.4, 0.5) is 0 Å². The van der Waals surface area contributed by atoms with E-state index in [0.29, 0.717) is 0 Å². The Balaban J connectivity index is 1.81. The highest BCUT2D eigenvalue weighted by molar-refractivity contribution is 6.31. The van der Waals surface area contributed by atoms with Crippen LogP contribution in [0.3, 0.4) is 0 Å². The van der Waals surface area contributed by atoms with Crippen molar-refractivity contribution in [3.05, 3.63) is 70.4 Å². The highest BCUT2D eigenvalue weighted by Crippen LogP contribution is 2.27. The summed E-state index contributed by atoms with van der Waals surface area (Å²) in [7, 11) is 0. The summed E-state index contributed by atoms with van der Waals surface area (Å²) >= 11 is 6.25. The molecule has 3 rings (SSSR count). The first kappa shape index (κ1) is 14.2. The van der Waals surface area contributed by atoms with Crippen molar-refractivity contribution >= 4 is 22.6 Å². The quantitative estimate of drug-likeness (QED) is 0.712. The summed E-state index contributed by atoms with van der Waals surface area (Å²) in [5.74, 6) is 0.968. The van der Waals surface area contributed by atoms with Gasteiger partial charge < -0.3 is 9.73 Å². The van der Waals surface area contributed by atoms with Gasteiger partial charge in [0, 0.05) is 28.6 Å². The average molecular weight is 300 g/mol. The normalized spacial score (nSPS) is 12.7. The van der Waals surface area contributed by atoms with Crippen LogP contribution in [0.5, 0.6) is 0 Å². The molecule has 0 spiro atoms. The fourth-order valence-electron chi connectivity index (χ4n) is 2.63. The SMILES string of the molecule is Cc1oc2ccccc2c1CN[C@@H](C)c1ccccc1Cl. The van der Waals surface area contributed by atoms with E-state index >= 15 is 0 Å². The van der Waals surface area contributed by atoms with Crippen molar-refractivity contribution in [1.82, 2.24) is 5.32 Å². The molecule has 2 nitrogen and oxygen atoms in total. The lowest BCUT2D eigenvalue weighted by molar-refractivity contribution is 0.544. The van der Waals surface area contributed by atoms with Gasteiger partial charge in [0.05, 0.1) is 0 Å². The van der Waals surface area contributed by atoms with E-state index in [0.717, 1.165) is 28.5 Å². The lowest BCUT2D eigenvalue weighted by atomic mass is 10.1. The Labute approximate surface area is 129 Å². The number of furan rings is 1. The Hall–Kier alpha value is -1.77. The van der Waals surface area contributed by atoms with Crippen molar-refractivity contribution in [3.63, 3.8) is 0 Å². The maximum atomic E-state index is 6.25. The van der Waals surface area contributed by atoms with Gasteiger partial charge in [-0.25, -0.2) is 0 Å². The van der Waals surface area contributed by atoms with Crippen LogP contribution in [0.15, 0.2) is 52.9 Å². The number of fused-ring (bicyclic) bond motifs is 1. The topological polar surface area (TPSA) is 25.2 Å². The van der Waals surface area contributed by atoms with Crippen LogP contribution in [0.25, 0.3) is 11.0 Å². The van der Waals surface area contributed by atoms with Crippen LogP contribution in [0, 0.1) is 6.92 Å². The fourth-order valence-corrected chi connectivity index (χ4v) is 2.93. The molecular formula is C18H18ClNO. The van der Waals surface area contributed by atoms with Gasteiger partial charge in [-0.1, -0.05) is 48.0 Å². The highest BCUT2D eigenvalue weighted by atomic mass is 35.5. The Morgan fingerprint density at radius 2 is 1.81 bits per heavy atom. The lowest BCUT2D eigenvalue weighted by Gasteiger charge is -2.15. The Kier molecular flexibility index (Phi) is 4.00. The zero-order valence-corrected chi connectivity index (χ0v) is 12.9. The predicted octanol–water partition coefficient (Wildman–Crippen LogP) is 5.25. The van der Waals surface area contributed by atoms with E-state index in [2.05, 4.69) is 24.4 Å². The molecule has 3 heteroatoms. The summed E-state index contributed by atoms with van der Waals surface area (Å²) in [5, 5.41) is 5.50. The maximum Gasteiger partial charge on any atom is 0.134 e. The third kappa shape index (κ3) is 2.82. The van der Waals surface area contributed by atoms with E-state index in [9.17, 15) is 0 Å². The molecular weight excluding hydrogens is 282 g/mol. The number of rotatable bonds is 4. The number of benzene rings is 2. The third-order valence-corrected chi connectivity index (χ3v) is 4.20. The van der Waals surface area contributed by atoms with Crippen LogP contribution in [-0.2, 0) is 6.54 Å². The largest absolute Gasteiger partial charge is 0.461 e. The van der Waals surface area contributed by atoms with Crippen molar-refractivity contribution in [2.75, 3.05) is 0 Å². The number of hydrogen-bond acceptors (Lipinski definition) is 2. The molecule has 1 aromatic heterocycles. The van der Waals surface area contributed by atoms with E-state index in [1.54, 1.807) is 0 Å². The van der Waals surface area contributed by atoms with E-state index in [4.69, 9.17) is 16.0 Å². The lowest BCUT2D eigenvalue weighted by Crippen LogP contribution is -2.18. The van der Waals surface area contributed by atoms with E-state index < -0.39 is 0 Å². The molecule has 0 bridgehead atoms. The monoisotopic (exact) mass is 299 g/mol. The van der Waals surface area contributed by atoms with E-state index in [-0.39, 0.29) is 6.04 Å².